The minimum absolute atomic E-state index is 0.00606. The number of hydrogen-bond donors (Lipinski definition) is 3. The zero-order chi connectivity index (χ0) is 25.1. The number of aliphatic carboxylic acids is 1. The molecule has 5 rings (SSSR count). The fourth-order valence-corrected chi connectivity index (χ4v) is 11.7. The van der Waals surface area contributed by atoms with Crippen molar-refractivity contribution in [2.75, 3.05) is 0 Å². The molecule has 192 valence electrons. The summed E-state index contributed by atoms with van der Waals surface area (Å²) in [7, 11) is 0. The highest BCUT2D eigenvalue weighted by atomic mass is 16.4. The van der Waals surface area contributed by atoms with Crippen molar-refractivity contribution in [3.63, 3.8) is 0 Å². The molecule has 0 heterocycles. The van der Waals surface area contributed by atoms with Crippen molar-refractivity contribution >= 4 is 5.97 Å². The van der Waals surface area contributed by atoms with Crippen molar-refractivity contribution in [1.82, 2.24) is 0 Å². The van der Waals surface area contributed by atoms with Crippen LogP contribution in [0.25, 0.3) is 0 Å². The number of hydrogen-bond acceptors (Lipinski definition) is 3. The van der Waals surface area contributed by atoms with Crippen LogP contribution in [0, 0.1) is 56.7 Å². The van der Waals surface area contributed by atoms with Gasteiger partial charge in [-0.05, 0) is 116 Å². The van der Waals surface area contributed by atoms with Crippen LogP contribution in [0.5, 0.6) is 0 Å². The molecule has 0 spiro atoms. The van der Waals surface area contributed by atoms with Crippen LogP contribution in [0.3, 0.4) is 0 Å². The largest absolute Gasteiger partial charge is 0.481 e. The molecule has 0 radical (unpaired) electrons. The SMILES string of the molecule is C=C(C)C1CC[C@]2(C(=O)O)CC[C@]3(C)C(CCC4[C@@]5(C)C[C@@H](O)[C@H](O)C(C)(C)C5CC[C@]43C)C12. The van der Waals surface area contributed by atoms with E-state index >= 15 is 0 Å². The summed E-state index contributed by atoms with van der Waals surface area (Å²) < 4.78 is 0. The molecule has 0 saturated heterocycles. The van der Waals surface area contributed by atoms with Gasteiger partial charge in [-0.1, -0.05) is 46.8 Å². The number of fused-ring (bicyclic) bond motifs is 7. The quantitative estimate of drug-likeness (QED) is 0.427. The maximum atomic E-state index is 12.8. The van der Waals surface area contributed by atoms with Crippen LogP contribution >= 0.6 is 0 Å². The lowest BCUT2D eigenvalue weighted by atomic mass is 9.32. The first-order valence-electron chi connectivity index (χ1n) is 13.9. The van der Waals surface area contributed by atoms with Crippen LogP contribution in [0.1, 0.15) is 99.3 Å². The molecule has 5 aliphatic rings. The molecule has 5 aliphatic carbocycles. The topological polar surface area (TPSA) is 77.8 Å². The lowest BCUT2D eigenvalue weighted by Crippen LogP contribution is -2.68. The van der Waals surface area contributed by atoms with Gasteiger partial charge in [-0.3, -0.25) is 4.79 Å². The summed E-state index contributed by atoms with van der Waals surface area (Å²) in [6.45, 7) is 18.2. The summed E-state index contributed by atoms with van der Waals surface area (Å²) >= 11 is 0. The Morgan fingerprint density at radius 1 is 0.853 bits per heavy atom. The maximum Gasteiger partial charge on any atom is 0.309 e. The van der Waals surface area contributed by atoms with Crippen molar-refractivity contribution in [1.29, 1.82) is 0 Å². The van der Waals surface area contributed by atoms with E-state index in [4.69, 9.17) is 0 Å². The Kier molecular flexibility index (Phi) is 5.36. The van der Waals surface area contributed by atoms with E-state index in [1.54, 1.807) is 0 Å². The Balaban J connectivity index is 1.57. The minimum atomic E-state index is -0.669. The summed E-state index contributed by atoms with van der Waals surface area (Å²) in [5.74, 6) is 1.24. The van der Waals surface area contributed by atoms with E-state index in [9.17, 15) is 20.1 Å². The van der Waals surface area contributed by atoms with E-state index in [0.29, 0.717) is 30.1 Å². The second-order valence-electron chi connectivity index (χ2n) is 14.7. The number of carbonyl (C=O) groups is 1. The van der Waals surface area contributed by atoms with Gasteiger partial charge in [-0.2, -0.15) is 0 Å². The van der Waals surface area contributed by atoms with Gasteiger partial charge in [0.15, 0.2) is 0 Å². The van der Waals surface area contributed by atoms with E-state index < -0.39 is 23.6 Å². The molecule has 4 nitrogen and oxygen atoms in total. The normalized spacial score (nSPS) is 55.9. The molecule has 0 aromatic rings. The highest BCUT2D eigenvalue weighted by Crippen LogP contribution is 2.77. The number of aliphatic hydroxyl groups excluding tert-OH is 2. The number of aliphatic hydroxyl groups is 2. The van der Waals surface area contributed by atoms with Gasteiger partial charge in [0.1, 0.15) is 0 Å². The molecule has 5 saturated carbocycles. The molecule has 5 fully saturated rings. The maximum absolute atomic E-state index is 12.8. The fourth-order valence-electron chi connectivity index (χ4n) is 11.7. The Hall–Kier alpha value is -0.870. The van der Waals surface area contributed by atoms with E-state index in [2.05, 4.69) is 48.1 Å². The highest BCUT2D eigenvalue weighted by Gasteiger charge is 2.72. The molecular formula is C30H48O4. The van der Waals surface area contributed by atoms with Gasteiger partial charge in [0.2, 0.25) is 0 Å². The van der Waals surface area contributed by atoms with Crippen LogP contribution in [-0.2, 0) is 4.79 Å². The zero-order valence-electron chi connectivity index (χ0n) is 22.4. The third-order valence-corrected chi connectivity index (χ3v) is 13.4. The Morgan fingerprint density at radius 2 is 1.53 bits per heavy atom. The predicted molar refractivity (Wildman–Crippen MR) is 134 cm³/mol. The van der Waals surface area contributed by atoms with Crippen molar-refractivity contribution in [3.05, 3.63) is 12.2 Å². The highest BCUT2D eigenvalue weighted by molar-refractivity contribution is 5.76. The van der Waals surface area contributed by atoms with Crippen LogP contribution in [0.4, 0.5) is 0 Å². The summed E-state index contributed by atoms with van der Waals surface area (Å²) in [5, 5.41) is 32.4. The van der Waals surface area contributed by atoms with E-state index in [0.717, 1.165) is 51.4 Å². The fraction of sp³-hybridized carbons (Fsp3) is 0.900. The van der Waals surface area contributed by atoms with Gasteiger partial charge in [0.25, 0.3) is 0 Å². The lowest BCUT2D eigenvalue weighted by molar-refractivity contribution is -0.263. The summed E-state index contributed by atoms with van der Waals surface area (Å²) in [6.07, 6.45) is 7.32. The van der Waals surface area contributed by atoms with Gasteiger partial charge in [0.05, 0.1) is 17.6 Å². The Labute approximate surface area is 206 Å². The number of carboxylic acids is 1. The van der Waals surface area contributed by atoms with Gasteiger partial charge in [-0.15, -0.1) is 0 Å². The van der Waals surface area contributed by atoms with Crippen LogP contribution < -0.4 is 0 Å². The molecule has 0 bridgehead atoms. The molecule has 0 aliphatic heterocycles. The first-order valence-corrected chi connectivity index (χ1v) is 13.9. The van der Waals surface area contributed by atoms with Crippen molar-refractivity contribution in [2.45, 2.75) is 112 Å². The van der Waals surface area contributed by atoms with Crippen molar-refractivity contribution in [2.24, 2.45) is 56.7 Å². The van der Waals surface area contributed by atoms with Crippen molar-refractivity contribution in [3.8, 4) is 0 Å². The molecule has 0 aromatic heterocycles. The third-order valence-electron chi connectivity index (χ3n) is 13.4. The molecule has 0 amide bonds. The van der Waals surface area contributed by atoms with Crippen LogP contribution in [0.2, 0.25) is 0 Å². The molecule has 11 atom stereocenters. The average molecular weight is 473 g/mol. The predicted octanol–water partition coefficient (Wildman–Crippen LogP) is 6.06. The first kappa shape index (κ1) is 24.8. The smallest absolute Gasteiger partial charge is 0.309 e. The van der Waals surface area contributed by atoms with Crippen molar-refractivity contribution < 1.29 is 20.1 Å². The summed E-state index contributed by atoms with van der Waals surface area (Å²) in [4.78, 5) is 12.8. The third kappa shape index (κ3) is 2.76. The second-order valence-corrected chi connectivity index (χ2v) is 14.7. The lowest BCUT2D eigenvalue weighted by Gasteiger charge is -2.73. The number of rotatable bonds is 2. The number of carboxylic acid groups (broad SMARTS) is 1. The van der Waals surface area contributed by atoms with Gasteiger partial charge in [-0.25, -0.2) is 0 Å². The van der Waals surface area contributed by atoms with E-state index in [-0.39, 0.29) is 27.6 Å². The van der Waals surface area contributed by atoms with E-state index in [1.807, 2.05) is 0 Å². The number of allylic oxidation sites excluding steroid dienone is 1. The second kappa shape index (κ2) is 7.34. The van der Waals surface area contributed by atoms with Crippen LogP contribution in [-0.4, -0.2) is 33.5 Å². The summed E-state index contributed by atoms with van der Waals surface area (Å²) in [5.41, 5.74) is 0.501. The monoisotopic (exact) mass is 472 g/mol. The van der Waals surface area contributed by atoms with Gasteiger partial charge < -0.3 is 15.3 Å². The zero-order valence-corrected chi connectivity index (χ0v) is 22.4. The molecule has 4 heteroatoms. The minimum Gasteiger partial charge on any atom is -0.481 e. The van der Waals surface area contributed by atoms with Gasteiger partial charge >= 0.3 is 5.97 Å². The Bertz CT molecular complexity index is 894. The molecule has 3 N–H and O–H groups in total. The molecule has 34 heavy (non-hydrogen) atoms. The first-order chi connectivity index (χ1) is 15.7. The molecule has 0 aromatic carbocycles. The Morgan fingerprint density at radius 3 is 2.15 bits per heavy atom. The summed E-state index contributed by atoms with van der Waals surface area (Å²) in [6, 6.07) is 0. The molecular weight excluding hydrogens is 424 g/mol. The van der Waals surface area contributed by atoms with Gasteiger partial charge in [0, 0.05) is 0 Å². The average Bonchev–Trinajstić information content (AvgIpc) is 3.14. The van der Waals surface area contributed by atoms with Crippen LogP contribution in [0.15, 0.2) is 12.2 Å². The molecule has 5 unspecified atom stereocenters. The standard InChI is InChI=1S/C30H48O4/c1-17(2)18-10-13-30(25(33)34)15-14-28(6)19(23(18)30)8-9-22-27(5)16-20(31)24(32)26(3,4)21(27)11-12-29(22,28)7/h18-24,31-32H,1,8-16H2,2-7H3,(H,33,34)/t18?,19?,20-,21?,22?,23?,24+,27+,28-,29-,30+/m1/s1. The van der Waals surface area contributed by atoms with E-state index in [1.165, 1.54) is 5.57 Å².